The SMILES string of the molecule is NC(Cc1cc(Cl)ccc1Cl)c1cccc(Cl)c1Cl. The Balaban J connectivity index is 2.28. The van der Waals surface area contributed by atoms with Gasteiger partial charge in [0.05, 0.1) is 10.0 Å². The molecule has 1 nitrogen and oxygen atoms in total. The van der Waals surface area contributed by atoms with Gasteiger partial charge in [0, 0.05) is 16.1 Å². The third-order valence-corrected chi connectivity index (χ3v) is 4.27. The van der Waals surface area contributed by atoms with E-state index in [1.54, 1.807) is 18.2 Å². The van der Waals surface area contributed by atoms with Gasteiger partial charge in [0.15, 0.2) is 0 Å². The van der Waals surface area contributed by atoms with Crippen molar-refractivity contribution in [1.82, 2.24) is 0 Å². The van der Waals surface area contributed by atoms with Crippen LogP contribution in [-0.2, 0) is 6.42 Å². The molecule has 5 heteroatoms. The van der Waals surface area contributed by atoms with Gasteiger partial charge in [-0.05, 0) is 41.8 Å². The minimum atomic E-state index is -0.290. The zero-order valence-corrected chi connectivity index (χ0v) is 12.9. The Kier molecular flexibility index (Phi) is 4.99. The fraction of sp³-hybridized carbons (Fsp3) is 0.143. The maximum Gasteiger partial charge on any atom is 0.0640 e. The van der Waals surface area contributed by atoms with E-state index in [0.29, 0.717) is 26.5 Å². The van der Waals surface area contributed by atoms with E-state index in [9.17, 15) is 0 Å². The zero-order valence-electron chi connectivity index (χ0n) is 9.84. The van der Waals surface area contributed by atoms with Gasteiger partial charge in [-0.25, -0.2) is 0 Å². The van der Waals surface area contributed by atoms with Gasteiger partial charge < -0.3 is 5.73 Å². The molecular weight excluding hydrogens is 324 g/mol. The van der Waals surface area contributed by atoms with E-state index in [4.69, 9.17) is 52.1 Å². The third kappa shape index (κ3) is 3.56. The second kappa shape index (κ2) is 6.34. The summed E-state index contributed by atoms with van der Waals surface area (Å²) in [7, 11) is 0. The molecule has 0 spiro atoms. The Morgan fingerprint density at radius 2 is 1.68 bits per heavy atom. The summed E-state index contributed by atoms with van der Waals surface area (Å²) in [6.45, 7) is 0. The Hall–Kier alpha value is -0.440. The number of benzene rings is 2. The molecule has 19 heavy (non-hydrogen) atoms. The second-order valence-electron chi connectivity index (χ2n) is 4.19. The molecule has 1 unspecified atom stereocenters. The summed E-state index contributed by atoms with van der Waals surface area (Å²) in [6, 6.07) is 10.4. The van der Waals surface area contributed by atoms with E-state index in [0.717, 1.165) is 11.1 Å². The first-order chi connectivity index (χ1) is 8.99. The molecular formula is C14H11Cl4N. The maximum absolute atomic E-state index is 6.17. The quantitative estimate of drug-likeness (QED) is 0.783. The maximum atomic E-state index is 6.17. The van der Waals surface area contributed by atoms with Crippen LogP contribution >= 0.6 is 46.4 Å². The van der Waals surface area contributed by atoms with Gasteiger partial charge in [-0.15, -0.1) is 0 Å². The molecule has 0 saturated carbocycles. The lowest BCUT2D eigenvalue weighted by Gasteiger charge is -2.15. The van der Waals surface area contributed by atoms with Crippen LogP contribution in [0.25, 0.3) is 0 Å². The molecule has 2 N–H and O–H groups in total. The van der Waals surface area contributed by atoms with Gasteiger partial charge in [-0.1, -0.05) is 58.5 Å². The fourth-order valence-corrected chi connectivity index (χ4v) is 2.69. The highest BCUT2D eigenvalue weighted by Gasteiger charge is 2.14. The largest absolute Gasteiger partial charge is 0.324 e. The van der Waals surface area contributed by atoms with Gasteiger partial charge >= 0.3 is 0 Å². The van der Waals surface area contributed by atoms with Crippen LogP contribution in [0, 0.1) is 0 Å². The summed E-state index contributed by atoms with van der Waals surface area (Å²) in [5.41, 5.74) is 7.85. The van der Waals surface area contributed by atoms with Crippen LogP contribution in [0.2, 0.25) is 20.1 Å². The van der Waals surface area contributed by atoms with Crippen molar-refractivity contribution in [1.29, 1.82) is 0 Å². The van der Waals surface area contributed by atoms with Crippen molar-refractivity contribution in [3.63, 3.8) is 0 Å². The van der Waals surface area contributed by atoms with Gasteiger partial charge in [-0.3, -0.25) is 0 Å². The normalized spacial score (nSPS) is 12.5. The van der Waals surface area contributed by atoms with Crippen molar-refractivity contribution in [2.75, 3.05) is 0 Å². The summed E-state index contributed by atoms with van der Waals surface area (Å²) in [5, 5.41) is 2.24. The van der Waals surface area contributed by atoms with Gasteiger partial charge in [0.1, 0.15) is 0 Å². The van der Waals surface area contributed by atoms with E-state index >= 15 is 0 Å². The van der Waals surface area contributed by atoms with Crippen molar-refractivity contribution in [2.45, 2.75) is 12.5 Å². The molecule has 100 valence electrons. The van der Waals surface area contributed by atoms with Crippen molar-refractivity contribution < 1.29 is 0 Å². The molecule has 0 aromatic heterocycles. The summed E-state index contributed by atoms with van der Waals surface area (Å²) in [4.78, 5) is 0. The first-order valence-electron chi connectivity index (χ1n) is 5.62. The highest BCUT2D eigenvalue weighted by atomic mass is 35.5. The summed E-state index contributed by atoms with van der Waals surface area (Å²) < 4.78 is 0. The number of hydrogen-bond donors (Lipinski definition) is 1. The monoisotopic (exact) mass is 333 g/mol. The minimum Gasteiger partial charge on any atom is -0.324 e. The van der Waals surface area contributed by atoms with Crippen LogP contribution in [0.15, 0.2) is 36.4 Å². The number of nitrogens with two attached hydrogens (primary N) is 1. The highest BCUT2D eigenvalue weighted by Crippen LogP contribution is 2.32. The second-order valence-corrected chi connectivity index (χ2v) is 5.82. The molecule has 0 amide bonds. The Morgan fingerprint density at radius 1 is 0.947 bits per heavy atom. The molecule has 0 fully saturated rings. The molecule has 0 bridgehead atoms. The van der Waals surface area contributed by atoms with E-state index in [-0.39, 0.29) is 6.04 Å². The number of halogens is 4. The zero-order chi connectivity index (χ0) is 14.0. The van der Waals surface area contributed by atoms with E-state index in [1.165, 1.54) is 0 Å². The fourth-order valence-electron chi connectivity index (χ4n) is 1.85. The molecule has 0 aliphatic carbocycles. The molecule has 1 atom stereocenters. The van der Waals surface area contributed by atoms with Crippen LogP contribution in [0.4, 0.5) is 0 Å². The minimum absolute atomic E-state index is 0.290. The van der Waals surface area contributed by atoms with Crippen LogP contribution in [0.3, 0.4) is 0 Å². The molecule has 0 aliphatic rings. The topological polar surface area (TPSA) is 26.0 Å². The summed E-state index contributed by atoms with van der Waals surface area (Å²) >= 11 is 24.2. The standard InChI is InChI=1S/C14H11Cl4N/c15-9-4-5-11(16)8(6-9)7-13(19)10-2-1-3-12(17)14(10)18/h1-6,13H,7,19H2. The molecule has 0 heterocycles. The number of rotatable bonds is 3. The third-order valence-electron chi connectivity index (χ3n) is 2.83. The first kappa shape index (κ1) is 15.0. The van der Waals surface area contributed by atoms with E-state index in [2.05, 4.69) is 0 Å². The van der Waals surface area contributed by atoms with Gasteiger partial charge in [-0.2, -0.15) is 0 Å². The van der Waals surface area contributed by atoms with Crippen molar-refractivity contribution in [3.05, 3.63) is 67.6 Å². The van der Waals surface area contributed by atoms with Crippen LogP contribution in [0.5, 0.6) is 0 Å². The Bertz CT molecular complexity index is 598. The summed E-state index contributed by atoms with van der Waals surface area (Å²) in [5.74, 6) is 0. The van der Waals surface area contributed by atoms with Crippen molar-refractivity contribution in [3.8, 4) is 0 Å². The summed E-state index contributed by atoms with van der Waals surface area (Å²) in [6.07, 6.45) is 0.541. The van der Waals surface area contributed by atoms with Crippen LogP contribution in [-0.4, -0.2) is 0 Å². The lowest BCUT2D eigenvalue weighted by molar-refractivity contribution is 0.722. The predicted molar refractivity (Wildman–Crippen MR) is 83.6 cm³/mol. The van der Waals surface area contributed by atoms with Crippen LogP contribution < -0.4 is 5.73 Å². The average molecular weight is 335 g/mol. The molecule has 2 aromatic carbocycles. The van der Waals surface area contributed by atoms with E-state index < -0.39 is 0 Å². The Labute approximate surface area is 132 Å². The first-order valence-corrected chi connectivity index (χ1v) is 7.13. The lowest BCUT2D eigenvalue weighted by Crippen LogP contribution is -2.14. The van der Waals surface area contributed by atoms with Crippen LogP contribution in [0.1, 0.15) is 17.2 Å². The molecule has 2 rings (SSSR count). The van der Waals surface area contributed by atoms with Crippen molar-refractivity contribution >= 4 is 46.4 Å². The lowest BCUT2D eigenvalue weighted by atomic mass is 9.99. The predicted octanol–water partition coefficient (Wildman–Crippen LogP) is 5.54. The van der Waals surface area contributed by atoms with Gasteiger partial charge in [0.2, 0.25) is 0 Å². The highest BCUT2D eigenvalue weighted by molar-refractivity contribution is 6.42. The Morgan fingerprint density at radius 3 is 2.42 bits per heavy atom. The molecule has 0 radical (unpaired) electrons. The molecule has 0 saturated heterocycles. The number of hydrogen-bond acceptors (Lipinski definition) is 1. The average Bonchev–Trinajstić information content (AvgIpc) is 2.37. The van der Waals surface area contributed by atoms with Crippen molar-refractivity contribution in [2.24, 2.45) is 5.73 Å². The molecule has 0 aliphatic heterocycles. The smallest absolute Gasteiger partial charge is 0.0640 e. The van der Waals surface area contributed by atoms with E-state index in [1.807, 2.05) is 18.2 Å². The molecule has 2 aromatic rings. The van der Waals surface area contributed by atoms with Gasteiger partial charge in [0.25, 0.3) is 0 Å².